The summed E-state index contributed by atoms with van der Waals surface area (Å²) in [6.45, 7) is 0. The van der Waals surface area contributed by atoms with E-state index in [0.717, 1.165) is 4.96 Å². The Balaban J connectivity index is 1.89. The van der Waals surface area contributed by atoms with E-state index in [9.17, 15) is 8.78 Å². The number of hydrogen-bond donors (Lipinski definition) is 1. The van der Waals surface area contributed by atoms with E-state index < -0.39 is 17.7 Å². The number of benzene rings is 1. The second-order valence-corrected chi connectivity index (χ2v) is 6.21. The third kappa shape index (κ3) is 2.48. The molecule has 20 heavy (non-hydrogen) atoms. The van der Waals surface area contributed by atoms with Gasteiger partial charge in [-0.25, -0.2) is 13.8 Å². The van der Waals surface area contributed by atoms with E-state index in [4.69, 9.17) is 5.73 Å². The largest absolute Gasteiger partial charge is 0.323 e. The number of nitrogens with two attached hydrogens (primary N) is 1. The lowest BCUT2D eigenvalue weighted by Crippen LogP contribution is -2.17. The van der Waals surface area contributed by atoms with Crippen molar-refractivity contribution in [3.05, 3.63) is 57.3 Å². The number of aromatic nitrogens is 2. The van der Waals surface area contributed by atoms with Crippen molar-refractivity contribution in [1.82, 2.24) is 9.38 Å². The van der Waals surface area contributed by atoms with Gasteiger partial charge in [-0.15, -0.1) is 11.3 Å². The molecule has 0 fully saturated rings. The van der Waals surface area contributed by atoms with Gasteiger partial charge in [0, 0.05) is 40.3 Å². The first-order chi connectivity index (χ1) is 9.54. The lowest BCUT2D eigenvalue weighted by molar-refractivity contribution is 0.522. The second kappa shape index (κ2) is 5.23. The molecule has 1 atom stereocenters. The lowest BCUT2D eigenvalue weighted by Gasteiger charge is -2.13. The van der Waals surface area contributed by atoms with E-state index in [0.29, 0.717) is 10.2 Å². The molecule has 0 bridgehead atoms. The third-order valence-electron chi connectivity index (χ3n) is 2.99. The molecule has 0 saturated carbocycles. The summed E-state index contributed by atoms with van der Waals surface area (Å²) in [5.74, 6) is -1.30. The Morgan fingerprint density at radius 3 is 2.70 bits per heavy atom. The van der Waals surface area contributed by atoms with E-state index in [1.165, 1.54) is 23.5 Å². The predicted molar refractivity (Wildman–Crippen MR) is 77.8 cm³/mol. The van der Waals surface area contributed by atoms with Crippen LogP contribution in [-0.2, 0) is 6.42 Å². The molecule has 0 aliphatic rings. The summed E-state index contributed by atoms with van der Waals surface area (Å²) in [5, 5.41) is 1.92. The maximum Gasteiger partial charge on any atom is 0.193 e. The molecule has 0 spiro atoms. The monoisotopic (exact) mass is 357 g/mol. The zero-order valence-electron chi connectivity index (χ0n) is 10.2. The van der Waals surface area contributed by atoms with Gasteiger partial charge in [0.1, 0.15) is 11.6 Å². The van der Waals surface area contributed by atoms with E-state index in [1.54, 1.807) is 0 Å². The number of fused-ring (bicyclic) bond motifs is 1. The van der Waals surface area contributed by atoms with Gasteiger partial charge in [-0.05, 0) is 12.1 Å². The van der Waals surface area contributed by atoms with Crippen molar-refractivity contribution in [2.75, 3.05) is 0 Å². The number of hydrogen-bond acceptors (Lipinski definition) is 3. The topological polar surface area (TPSA) is 43.3 Å². The van der Waals surface area contributed by atoms with Crippen LogP contribution < -0.4 is 5.73 Å². The average molecular weight is 358 g/mol. The molecule has 3 rings (SSSR count). The highest BCUT2D eigenvalue weighted by Crippen LogP contribution is 2.26. The maximum absolute atomic E-state index is 13.8. The van der Waals surface area contributed by atoms with Crippen LogP contribution in [0.25, 0.3) is 4.96 Å². The van der Waals surface area contributed by atoms with Crippen molar-refractivity contribution in [3.8, 4) is 0 Å². The molecule has 3 nitrogen and oxygen atoms in total. The summed E-state index contributed by atoms with van der Waals surface area (Å²) in [6.07, 6.45) is 3.98. The highest BCUT2D eigenvalue weighted by atomic mass is 79.9. The van der Waals surface area contributed by atoms with Crippen LogP contribution in [0.5, 0.6) is 0 Å². The first-order valence-corrected chi connectivity index (χ1v) is 7.53. The fourth-order valence-electron chi connectivity index (χ4n) is 2.11. The Labute approximate surface area is 126 Å². The van der Waals surface area contributed by atoms with E-state index in [-0.39, 0.29) is 12.0 Å². The molecule has 3 aromatic rings. The molecule has 0 amide bonds. The summed E-state index contributed by atoms with van der Waals surface area (Å²) in [4.78, 5) is 5.20. The third-order valence-corrected chi connectivity index (χ3v) is 4.22. The molecule has 0 saturated heterocycles. The molecule has 0 aliphatic heterocycles. The van der Waals surface area contributed by atoms with Gasteiger partial charge >= 0.3 is 0 Å². The number of rotatable bonds is 3. The fraction of sp³-hybridized carbons (Fsp3) is 0.154. The highest BCUT2D eigenvalue weighted by molar-refractivity contribution is 9.10. The van der Waals surface area contributed by atoms with Crippen LogP contribution in [-0.4, -0.2) is 9.38 Å². The van der Waals surface area contributed by atoms with Gasteiger partial charge in [-0.2, -0.15) is 0 Å². The Hall–Kier alpha value is -1.31. The van der Waals surface area contributed by atoms with Crippen LogP contribution in [0, 0.1) is 11.6 Å². The molecule has 2 heterocycles. The van der Waals surface area contributed by atoms with Gasteiger partial charge in [0.25, 0.3) is 0 Å². The molecule has 2 aromatic heterocycles. The van der Waals surface area contributed by atoms with Crippen LogP contribution >= 0.6 is 27.3 Å². The zero-order chi connectivity index (χ0) is 14.3. The number of nitrogens with zero attached hydrogens (tertiary/aromatic N) is 2. The molecule has 1 unspecified atom stereocenters. The normalized spacial score (nSPS) is 13.0. The van der Waals surface area contributed by atoms with Crippen molar-refractivity contribution in [3.63, 3.8) is 0 Å². The number of halogens is 3. The second-order valence-electron chi connectivity index (χ2n) is 4.42. The Morgan fingerprint density at radius 1 is 1.35 bits per heavy atom. The first-order valence-electron chi connectivity index (χ1n) is 5.85. The van der Waals surface area contributed by atoms with Gasteiger partial charge in [0.15, 0.2) is 4.96 Å². The van der Waals surface area contributed by atoms with Crippen LogP contribution in [0.15, 0.2) is 34.4 Å². The maximum atomic E-state index is 13.8. The van der Waals surface area contributed by atoms with Crippen LogP contribution in [0.3, 0.4) is 0 Å². The summed E-state index contributed by atoms with van der Waals surface area (Å²) >= 11 is 4.54. The van der Waals surface area contributed by atoms with Crippen LogP contribution in [0.2, 0.25) is 0 Å². The minimum Gasteiger partial charge on any atom is -0.323 e. The fourth-order valence-corrected chi connectivity index (χ4v) is 3.23. The smallest absolute Gasteiger partial charge is 0.193 e. The zero-order valence-corrected chi connectivity index (χ0v) is 12.6. The van der Waals surface area contributed by atoms with Crippen LogP contribution in [0.1, 0.15) is 17.3 Å². The minimum atomic E-state index is -0.771. The first kappa shape index (κ1) is 13.7. The van der Waals surface area contributed by atoms with Crippen LogP contribution in [0.4, 0.5) is 8.78 Å². The molecule has 7 heteroatoms. The van der Waals surface area contributed by atoms with E-state index in [2.05, 4.69) is 20.9 Å². The molecular weight excluding hydrogens is 348 g/mol. The number of thiazole rings is 1. The predicted octanol–water partition coefficient (Wildman–Crippen LogP) is 3.68. The summed E-state index contributed by atoms with van der Waals surface area (Å²) in [5.41, 5.74) is 6.54. The standard InChI is InChI=1S/C13H10BrF2N3S/c14-7-3-9(15)12(10(16)4-7)11(17)5-8-6-19-1-2-20-13(19)18-8/h1-4,6,11H,5,17H2. The van der Waals surface area contributed by atoms with Gasteiger partial charge in [0.05, 0.1) is 5.69 Å². The number of imidazole rings is 1. The molecule has 0 aliphatic carbocycles. The Bertz CT molecular complexity index is 716. The van der Waals surface area contributed by atoms with E-state index in [1.807, 2.05) is 22.2 Å². The molecule has 2 N–H and O–H groups in total. The van der Waals surface area contributed by atoms with Crippen molar-refractivity contribution < 1.29 is 8.78 Å². The Morgan fingerprint density at radius 2 is 2.05 bits per heavy atom. The quantitative estimate of drug-likeness (QED) is 0.776. The molecule has 104 valence electrons. The summed E-state index contributed by atoms with van der Waals surface area (Å²) < 4.78 is 29.9. The lowest BCUT2D eigenvalue weighted by atomic mass is 10.0. The molecule has 0 radical (unpaired) electrons. The van der Waals surface area contributed by atoms with Gasteiger partial charge in [-0.1, -0.05) is 15.9 Å². The van der Waals surface area contributed by atoms with Crippen molar-refractivity contribution in [2.24, 2.45) is 5.73 Å². The SMILES string of the molecule is NC(Cc1cn2ccsc2n1)c1c(F)cc(Br)cc1F. The average Bonchev–Trinajstić information content (AvgIpc) is 2.87. The molecular formula is C13H10BrF2N3S. The van der Waals surface area contributed by atoms with Gasteiger partial charge < -0.3 is 5.73 Å². The van der Waals surface area contributed by atoms with Gasteiger partial charge in [0.2, 0.25) is 0 Å². The van der Waals surface area contributed by atoms with Crippen molar-refractivity contribution >= 4 is 32.2 Å². The van der Waals surface area contributed by atoms with Crippen molar-refractivity contribution in [1.29, 1.82) is 0 Å². The highest BCUT2D eigenvalue weighted by Gasteiger charge is 2.19. The minimum absolute atomic E-state index is 0.107. The summed E-state index contributed by atoms with van der Waals surface area (Å²) in [6, 6.07) is 1.65. The Kier molecular flexibility index (Phi) is 3.57. The summed E-state index contributed by atoms with van der Waals surface area (Å²) in [7, 11) is 0. The van der Waals surface area contributed by atoms with Crippen molar-refractivity contribution in [2.45, 2.75) is 12.5 Å². The van der Waals surface area contributed by atoms with E-state index >= 15 is 0 Å². The van der Waals surface area contributed by atoms with Gasteiger partial charge in [-0.3, -0.25) is 4.40 Å². The molecule has 1 aromatic carbocycles.